The van der Waals surface area contributed by atoms with E-state index in [1.165, 1.54) is 12.1 Å². The molecule has 0 bridgehead atoms. The molecule has 0 unspecified atom stereocenters. The average Bonchev–Trinajstić information content (AvgIpc) is 2.38. The van der Waals surface area contributed by atoms with Gasteiger partial charge in [-0.05, 0) is 30.2 Å². The van der Waals surface area contributed by atoms with Crippen LogP contribution in [0.4, 0.5) is 4.39 Å². The van der Waals surface area contributed by atoms with Gasteiger partial charge in [0.2, 0.25) is 0 Å². The molecule has 19 heavy (non-hydrogen) atoms. The Morgan fingerprint density at radius 2 is 2.21 bits per heavy atom. The van der Waals surface area contributed by atoms with Gasteiger partial charge >= 0.3 is 5.97 Å². The number of methoxy groups -OCH3 is 1. The lowest BCUT2D eigenvalue weighted by atomic mass is 10.1. The zero-order chi connectivity index (χ0) is 14.1. The molecule has 0 spiro atoms. The number of hydrogen-bond acceptors (Lipinski definition) is 3. The molecule has 1 N–H and O–H groups in total. The lowest BCUT2D eigenvalue weighted by Gasteiger charge is -2.05. The number of benzene rings is 1. The Bertz CT molecular complexity index is 443. The van der Waals surface area contributed by atoms with Crippen LogP contribution >= 0.6 is 0 Å². The van der Waals surface area contributed by atoms with Crippen molar-refractivity contribution in [3.63, 3.8) is 0 Å². The van der Waals surface area contributed by atoms with E-state index in [1.807, 2.05) is 0 Å². The summed E-state index contributed by atoms with van der Waals surface area (Å²) in [5, 5.41) is 8.51. The molecule has 0 saturated carbocycles. The van der Waals surface area contributed by atoms with Crippen LogP contribution < -0.4 is 0 Å². The maximum atomic E-state index is 13.4. The Morgan fingerprint density at radius 1 is 1.42 bits per heavy atom. The SMILES string of the molecule is COCCCOCc1ccc(F)c(C=CC(=O)O)c1. The van der Waals surface area contributed by atoms with Crippen LogP contribution in [0.25, 0.3) is 6.08 Å². The highest BCUT2D eigenvalue weighted by atomic mass is 19.1. The van der Waals surface area contributed by atoms with E-state index in [9.17, 15) is 9.18 Å². The van der Waals surface area contributed by atoms with E-state index >= 15 is 0 Å². The normalized spacial score (nSPS) is 11.1. The van der Waals surface area contributed by atoms with E-state index in [-0.39, 0.29) is 5.56 Å². The van der Waals surface area contributed by atoms with Crippen molar-refractivity contribution < 1.29 is 23.8 Å². The maximum absolute atomic E-state index is 13.4. The number of halogens is 1. The maximum Gasteiger partial charge on any atom is 0.328 e. The summed E-state index contributed by atoms with van der Waals surface area (Å²) < 4.78 is 23.7. The van der Waals surface area contributed by atoms with Gasteiger partial charge in [-0.3, -0.25) is 0 Å². The summed E-state index contributed by atoms with van der Waals surface area (Å²) >= 11 is 0. The van der Waals surface area contributed by atoms with Gasteiger partial charge in [-0.2, -0.15) is 0 Å². The summed E-state index contributed by atoms with van der Waals surface area (Å²) in [6.07, 6.45) is 2.93. The number of aliphatic carboxylic acids is 1. The zero-order valence-electron chi connectivity index (χ0n) is 10.8. The highest BCUT2D eigenvalue weighted by Crippen LogP contribution is 2.13. The van der Waals surface area contributed by atoms with Crippen molar-refractivity contribution in [2.75, 3.05) is 20.3 Å². The molecule has 0 atom stereocenters. The molecule has 0 fully saturated rings. The topological polar surface area (TPSA) is 55.8 Å². The van der Waals surface area contributed by atoms with Crippen LogP contribution in [0.3, 0.4) is 0 Å². The summed E-state index contributed by atoms with van der Waals surface area (Å²) in [4.78, 5) is 10.4. The van der Waals surface area contributed by atoms with Gasteiger partial charge in [0, 0.05) is 32.0 Å². The van der Waals surface area contributed by atoms with Gasteiger partial charge in [0.05, 0.1) is 6.61 Å². The number of ether oxygens (including phenoxy) is 2. The van der Waals surface area contributed by atoms with Crippen molar-refractivity contribution in [3.05, 3.63) is 41.2 Å². The van der Waals surface area contributed by atoms with Crippen LogP contribution in [-0.4, -0.2) is 31.4 Å². The van der Waals surface area contributed by atoms with Crippen LogP contribution in [0, 0.1) is 5.82 Å². The van der Waals surface area contributed by atoms with Gasteiger partial charge in [-0.15, -0.1) is 0 Å². The van der Waals surface area contributed by atoms with Gasteiger partial charge in [0.25, 0.3) is 0 Å². The monoisotopic (exact) mass is 268 g/mol. The minimum absolute atomic E-state index is 0.236. The summed E-state index contributed by atoms with van der Waals surface area (Å²) in [5.74, 6) is -1.57. The van der Waals surface area contributed by atoms with E-state index < -0.39 is 11.8 Å². The number of hydrogen-bond donors (Lipinski definition) is 1. The quantitative estimate of drug-likeness (QED) is 0.581. The van der Waals surface area contributed by atoms with Gasteiger partial charge in [0.15, 0.2) is 0 Å². The Morgan fingerprint density at radius 3 is 2.89 bits per heavy atom. The van der Waals surface area contributed by atoms with E-state index in [0.29, 0.717) is 19.8 Å². The predicted octanol–water partition coefficient (Wildman–Crippen LogP) is 2.48. The third-order valence-corrected chi connectivity index (χ3v) is 2.37. The molecule has 0 aliphatic heterocycles. The predicted molar refractivity (Wildman–Crippen MR) is 69.2 cm³/mol. The van der Waals surface area contributed by atoms with Crippen molar-refractivity contribution in [1.82, 2.24) is 0 Å². The first-order valence-corrected chi connectivity index (χ1v) is 5.89. The first kappa shape index (κ1) is 15.3. The van der Waals surface area contributed by atoms with E-state index in [4.69, 9.17) is 14.6 Å². The molecule has 0 heterocycles. The van der Waals surface area contributed by atoms with E-state index in [2.05, 4.69) is 0 Å². The fourth-order valence-corrected chi connectivity index (χ4v) is 1.47. The second kappa shape index (κ2) is 8.39. The Kier molecular flexibility index (Phi) is 6.78. The van der Waals surface area contributed by atoms with Crippen molar-refractivity contribution in [2.45, 2.75) is 13.0 Å². The molecule has 0 saturated heterocycles. The average molecular weight is 268 g/mol. The molecule has 0 aromatic heterocycles. The van der Waals surface area contributed by atoms with Gasteiger partial charge in [-0.1, -0.05) is 6.07 Å². The Labute approximate surface area is 111 Å². The van der Waals surface area contributed by atoms with Crippen molar-refractivity contribution in [2.24, 2.45) is 0 Å². The summed E-state index contributed by atoms with van der Waals surface area (Å²) in [5.41, 5.74) is 1.03. The summed E-state index contributed by atoms with van der Waals surface area (Å²) in [6.45, 7) is 1.55. The first-order chi connectivity index (χ1) is 9.13. The summed E-state index contributed by atoms with van der Waals surface area (Å²) in [6, 6.07) is 4.49. The molecule has 1 aromatic carbocycles. The van der Waals surface area contributed by atoms with Crippen LogP contribution in [0.5, 0.6) is 0 Å². The first-order valence-electron chi connectivity index (χ1n) is 5.89. The molecule has 1 rings (SSSR count). The van der Waals surface area contributed by atoms with Crippen LogP contribution in [0.15, 0.2) is 24.3 Å². The number of carbonyl (C=O) groups is 1. The van der Waals surface area contributed by atoms with Gasteiger partial charge in [-0.25, -0.2) is 9.18 Å². The number of carboxylic acid groups (broad SMARTS) is 1. The van der Waals surface area contributed by atoms with Crippen molar-refractivity contribution in [1.29, 1.82) is 0 Å². The largest absolute Gasteiger partial charge is 0.478 e. The van der Waals surface area contributed by atoms with Crippen LogP contribution in [0.2, 0.25) is 0 Å². The van der Waals surface area contributed by atoms with E-state index in [1.54, 1.807) is 19.2 Å². The molecule has 0 radical (unpaired) electrons. The molecular weight excluding hydrogens is 251 g/mol. The third-order valence-electron chi connectivity index (χ3n) is 2.37. The number of rotatable bonds is 8. The molecule has 1 aromatic rings. The minimum atomic E-state index is -1.11. The highest BCUT2D eigenvalue weighted by molar-refractivity contribution is 5.85. The van der Waals surface area contributed by atoms with Crippen LogP contribution in [-0.2, 0) is 20.9 Å². The Balaban J connectivity index is 2.55. The molecular formula is C14H17FO4. The second-order valence-electron chi connectivity index (χ2n) is 3.93. The lowest BCUT2D eigenvalue weighted by molar-refractivity contribution is -0.131. The molecule has 0 amide bonds. The van der Waals surface area contributed by atoms with Gasteiger partial charge in [0.1, 0.15) is 5.82 Å². The molecule has 4 nitrogen and oxygen atoms in total. The van der Waals surface area contributed by atoms with Crippen molar-refractivity contribution in [3.8, 4) is 0 Å². The highest BCUT2D eigenvalue weighted by Gasteiger charge is 2.02. The fraction of sp³-hybridized carbons (Fsp3) is 0.357. The zero-order valence-corrected chi connectivity index (χ0v) is 10.8. The fourth-order valence-electron chi connectivity index (χ4n) is 1.47. The van der Waals surface area contributed by atoms with Crippen molar-refractivity contribution >= 4 is 12.0 Å². The minimum Gasteiger partial charge on any atom is -0.478 e. The smallest absolute Gasteiger partial charge is 0.328 e. The second-order valence-corrected chi connectivity index (χ2v) is 3.93. The lowest BCUT2D eigenvalue weighted by Crippen LogP contribution is -2.00. The van der Waals surface area contributed by atoms with Crippen LogP contribution in [0.1, 0.15) is 17.5 Å². The molecule has 0 aliphatic carbocycles. The molecule has 0 aliphatic rings. The molecule has 5 heteroatoms. The van der Waals surface area contributed by atoms with Gasteiger partial charge < -0.3 is 14.6 Å². The Hall–Kier alpha value is -1.72. The van der Waals surface area contributed by atoms with E-state index in [0.717, 1.165) is 18.1 Å². The molecule has 104 valence electrons. The summed E-state index contributed by atoms with van der Waals surface area (Å²) in [7, 11) is 1.63. The third kappa shape index (κ3) is 6.13. The standard InChI is InChI=1S/C14H17FO4/c1-18-7-2-8-19-10-11-3-5-13(15)12(9-11)4-6-14(16)17/h3-6,9H,2,7-8,10H2,1H3,(H,16,17). The number of carboxylic acids is 1.